The van der Waals surface area contributed by atoms with Gasteiger partial charge >= 0.3 is 0 Å². The maximum absolute atomic E-state index is 13.7. The highest BCUT2D eigenvalue weighted by Gasteiger charge is 2.16. The van der Waals surface area contributed by atoms with Crippen molar-refractivity contribution < 1.29 is 13.6 Å². The van der Waals surface area contributed by atoms with Crippen LogP contribution in [0.1, 0.15) is 10.4 Å². The number of hydrogen-bond acceptors (Lipinski definition) is 3. The highest BCUT2D eigenvalue weighted by molar-refractivity contribution is 9.10. The minimum atomic E-state index is -0.856. The van der Waals surface area contributed by atoms with Gasteiger partial charge in [0.15, 0.2) is 5.82 Å². The molecule has 0 atom stereocenters. The zero-order chi connectivity index (χ0) is 14.7. The lowest BCUT2D eigenvalue weighted by molar-refractivity contribution is 0.102. The number of nitrogens with zero attached hydrogens (tertiary/aromatic N) is 1. The van der Waals surface area contributed by atoms with Crippen molar-refractivity contribution in [1.29, 1.82) is 0 Å². The van der Waals surface area contributed by atoms with Gasteiger partial charge in [-0.1, -0.05) is 0 Å². The first kappa shape index (κ1) is 14.4. The highest BCUT2D eigenvalue weighted by Crippen LogP contribution is 2.27. The van der Waals surface area contributed by atoms with Crippen LogP contribution in [0, 0.1) is 11.6 Å². The number of pyridine rings is 1. The third-order valence-electron chi connectivity index (χ3n) is 2.58. The molecule has 2 rings (SSSR count). The average molecular weight is 342 g/mol. The molecule has 1 amide bonds. The molecule has 2 N–H and O–H groups in total. The maximum Gasteiger partial charge on any atom is 0.257 e. The number of nitrogens with one attached hydrogen (secondary N) is 2. The number of benzene rings is 1. The summed E-state index contributed by atoms with van der Waals surface area (Å²) in [6.07, 6.45) is 2.93. The number of rotatable bonds is 3. The van der Waals surface area contributed by atoms with E-state index in [1.165, 1.54) is 18.5 Å². The lowest BCUT2D eigenvalue weighted by atomic mass is 10.2. The van der Waals surface area contributed by atoms with Crippen LogP contribution in [0.4, 0.5) is 20.2 Å². The van der Waals surface area contributed by atoms with Gasteiger partial charge in [-0.25, -0.2) is 8.78 Å². The van der Waals surface area contributed by atoms with Crippen LogP contribution in [0.2, 0.25) is 0 Å². The zero-order valence-electron chi connectivity index (χ0n) is 10.4. The van der Waals surface area contributed by atoms with E-state index in [2.05, 4.69) is 31.5 Å². The summed E-state index contributed by atoms with van der Waals surface area (Å²) >= 11 is 3.01. The Morgan fingerprint density at radius 3 is 2.75 bits per heavy atom. The number of amides is 1. The van der Waals surface area contributed by atoms with Gasteiger partial charge in [0, 0.05) is 23.8 Å². The van der Waals surface area contributed by atoms with Crippen LogP contribution in [0.25, 0.3) is 0 Å². The molecule has 0 unspecified atom stereocenters. The van der Waals surface area contributed by atoms with Gasteiger partial charge in [-0.05, 0) is 28.1 Å². The molecule has 0 saturated carbocycles. The summed E-state index contributed by atoms with van der Waals surface area (Å²) in [5, 5.41) is 5.21. The molecule has 2 aromatic rings. The summed E-state index contributed by atoms with van der Waals surface area (Å²) in [5.74, 6) is -2.11. The summed E-state index contributed by atoms with van der Waals surface area (Å²) in [6.45, 7) is 0. The molecule has 4 nitrogen and oxygen atoms in total. The van der Waals surface area contributed by atoms with Gasteiger partial charge in [-0.3, -0.25) is 9.78 Å². The van der Waals surface area contributed by atoms with Crippen LogP contribution in [-0.2, 0) is 0 Å². The predicted octanol–water partition coefficient (Wildman–Crippen LogP) is 3.42. The number of aromatic nitrogens is 1. The fourth-order valence-corrected chi connectivity index (χ4v) is 2.14. The van der Waals surface area contributed by atoms with E-state index in [0.29, 0.717) is 17.3 Å². The highest BCUT2D eigenvalue weighted by atomic mass is 79.9. The number of carbonyl (C=O) groups is 1. The van der Waals surface area contributed by atoms with E-state index in [1.807, 2.05) is 0 Å². The third-order valence-corrected chi connectivity index (χ3v) is 3.21. The van der Waals surface area contributed by atoms with Gasteiger partial charge < -0.3 is 10.6 Å². The minimum absolute atomic E-state index is 0.115. The largest absolute Gasteiger partial charge is 0.386 e. The number of carbonyl (C=O) groups excluding carboxylic acids is 1. The second-order valence-corrected chi connectivity index (χ2v) is 4.72. The van der Waals surface area contributed by atoms with Crippen molar-refractivity contribution in [2.45, 2.75) is 0 Å². The van der Waals surface area contributed by atoms with Crippen LogP contribution in [-0.4, -0.2) is 17.9 Å². The molecule has 1 aromatic heterocycles. The van der Waals surface area contributed by atoms with E-state index in [-0.39, 0.29) is 10.2 Å². The van der Waals surface area contributed by atoms with Crippen molar-refractivity contribution in [2.75, 3.05) is 17.7 Å². The molecule has 0 fully saturated rings. The van der Waals surface area contributed by atoms with E-state index in [9.17, 15) is 13.6 Å². The molecule has 0 aliphatic heterocycles. The topological polar surface area (TPSA) is 54.0 Å². The smallest absolute Gasteiger partial charge is 0.257 e. The fourth-order valence-electron chi connectivity index (χ4n) is 1.63. The molecular weight excluding hydrogens is 332 g/mol. The number of hydrogen-bond donors (Lipinski definition) is 2. The second-order valence-electron chi connectivity index (χ2n) is 3.87. The summed E-state index contributed by atoms with van der Waals surface area (Å²) in [7, 11) is 1.64. The predicted molar refractivity (Wildman–Crippen MR) is 75.8 cm³/mol. The van der Waals surface area contributed by atoms with Gasteiger partial charge in [-0.15, -0.1) is 0 Å². The minimum Gasteiger partial charge on any atom is -0.386 e. The monoisotopic (exact) mass is 341 g/mol. The van der Waals surface area contributed by atoms with Gasteiger partial charge in [0.05, 0.1) is 23.1 Å². The van der Waals surface area contributed by atoms with Crippen LogP contribution >= 0.6 is 15.9 Å². The number of halogens is 3. The maximum atomic E-state index is 13.7. The van der Waals surface area contributed by atoms with E-state index < -0.39 is 17.5 Å². The van der Waals surface area contributed by atoms with Crippen LogP contribution in [0.3, 0.4) is 0 Å². The van der Waals surface area contributed by atoms with Crippen molar-refractivity contribution in [3.05, 3.63) is 52.3 Å². The first-order valence-corrected chi connectivity index (χ1v) is 6.40. The summed E-state index contributed by atoms with van der Waals surface area (Å²) in [5.41, 5.74) is 0.692. The Morgan fingerprint density at radius 2 is 2.10 bits per heavy atom. The molecule has 1 aromatic carbocycles. The fraction of sp³-hybridized carbons (Fsp3) is 0.0769. The normalized spacial score (nSPS) is 10.2. The van der Waals surface area contributed by atoms with Gasteiger partial charge in [-0.2, -0.15) is 0 Å². The van der Waals surface area contributed by atoms with Crippen molar-refractivity contribution >= 4 is 33.2 Å². The van der Waals surface area contributed by atoms with Crippen molar-refractivity contribution in [3.63, 3.8) is 0 Å². The van der Waals surface area contributed by atoms with Crippen molar-refractivity contribution in [2.24, 2.45) is 0 Å². The molecule has 0 aliphatic rings. The molecule has 0 spiro atoms. The van der Waals surface area contributed by atoms with Gasteiger partial charge in [0.25, 0.3) is 5.91 Å². The summed E-state index contributed by atoms with van der Waals surface area (Å²) < 4.78 is 26.8. The Hall–Kier alpha value is -2.02. The summed E-state index contributed by atoms with van der Waals surface area (Å²) in [4.78, 5) is 16.0. The molecule has 0 bridgehead atoms. The molecule has 20 heavy (non-hydrogen) atoms. The lowest BCUT2D eigenvalue weighted by Gasteiger charge is -2.11. The molecule has 7 heteroatoms. The second kappa shape index (κ2) is 5.96. The van der Waals surface area contributed by atoms with E-state index >= 15 is 0 Å². The van der Waals surface area contributed by atoms with Crippen molar-refractivity contribution in [1.82, 2.24) is 4.98 Å². The first-order chi connectivity index (χ1) is 9.52. The molecule has 1 heterocycles. The van der Waals surface area contributed by atoms with E-state index in [1.54, 1.807) is 7.05 Å². The van der Waals surface area contributed by atoms with E-state index in [4.69, 9.17) is 0 Å². The van der Waals surface area contributed by atoms with Crippen LogP contribution in [0.5, 0.6) is 0 Å². The lowest BCUT2D eigenvalue weighted by Crippen LogP contribution is -2.15. The average Bonchev–Trinajstić information content (AvgIpc) is 2.42. The molecular formula is C13H10BrF2N3O. The van der Waals surface area contributed by atoms with Gasteiger partial charge in [0.2, 0.25) is 0 Å². The Morgan fingerprint density at radius 1 is 1.35 bits per heavy atom. The molecule has 0 aliphatic carbocycles. The molecule has 0 radical (unpaired) electrons. The third kappa shape index (κ3) is 2.93. The quantitative estimate of drug-likeness (QED) is 0.899. The zero-order valence-corrected chi connectivity index (χ0v) is 12.0. The van der Waals surface area contributed by atoms with Crippen LogP contribution in [0.15, 0.2) is 35.1 Å². The van der Waals surface area contributed by atoms with E-state index in [0.717, 1.165) is 6.07 Å². The Labute approximate surface area is 122 Å². The van der Waals surface area contributed by atoms with Crippen LogP contribution < -0.4 is 10.6 Å². The molecule has 104 valence electrons. The summed E-state index contributed by atoms with van der Waals surface area (Å²) in [6, 6.07) is 3.27. The first-order valence-electron chi connectivity index (χ1n) is 5.60. The van der Waals surface area contributed by atoms with Gasteiger partial charge in [0.1, 0.15) is 5.82 Å². The molecule has 0 saturated heterocycles. The Kier molecular flexibility index (Phi) is 4.29. The Balaban J connectivity index is 2.33. The SMILES string of the molecule is CNc1cnccc1C(=O)Nc1c(F)cc(F)cc1Br. The number of anilines is 2. The standard InChI is InChI=1S/C13H10BrF2N3O/c1-17-11-6-18-3-2-8(11)13(20)19-12-9(14)4-7(15)5-10(12)16/h2-6,17H,1H3,(H,19,20). The Bertz CT molecular complexity index is 641. The van der Waals surface area contributed by atoms with Crippen molar-refractivity contribution in [3.8, 4) is 0 Å².